The molecule has 0 spiro atoms. The fourth-order valence-corrected chi connectivity index (χ4v) is 4.25. The van der Waals surface area contributed by atoms with Crippen molar-refractivity contribution in [2.24, 2.45) is 0 Å². The number of hydrogen-bond donors (Lipinski definition) is 0. The van der Waals surface area contributed by atoms with Gasteiger partial charge in [0.1, 0.15) is 0 Å². The smallest absolute Gasteiger partial charge is 0.351 e. The van der Waals surface area contributed by atoms with Gasteiger partial charge in [0.25, 0.3) is 0 Å². The molecule has 176 valence electrons. The van der Waals surface area contributed by atoms with Crippen molar-refractivity contribution in [2.45, 2.75) is 40.9 Å². The van der Waals surface area contributed by atoms with E-state index in [1.807, 2.05) is 0 Å². The van der Waals surface area contributed by atoms with Crippen LogP contribution >= 0.6 is 139 Å². The molecule has 0 rings (SSSR count). The van der Waals surface area contributed by atoms with Crippen molar-refractivity contribution in [3.63, 3.8) is 0 Å². The van der Waals surface area contributed by atoms with Crippen molar-refractivity contribution >= 4 is 148 Å². The van der Waals surface area contributed by atoms with Crippen LogP contribution in [0.15, 0.2) is 0 Å². The highest BCUT2D eigenvalue weighted by molar-refractivity contribution is 6.69. The Labute approximate surface area is 231 Å². The lowest BCUT2D eigenvalue weighted by molar-refractivity contribution is -0.0360. The average molecular weight is 678 g/mol. The lowest BCUT2D eigenvalue weighted by Gasteiger charge is -2.30. The summed E-state index contributed by atoms with van der Waals surface area (Å²) in [6.07, 6.45) is 0.00740. The van der Waals surface area contributed by atoms with Crippen molar-refractivity contribution < 1.29 is 17.7 Å². The molecule has 0 aliphatic carbocycles. The van der Waals surface area contributed by atoms with E-state index in [0.29, 0.717) is 0 Å². The predicted octanol–water partition coefficient (Wildman–Crippen LogP) is 8.53. The Morgan fingerprint density at radius 3 is 0.690 bits per heavy atom. The van der Waals surface area contributed by atoms with Crippen LogP contribution in [0.4, 0.5) is 0 Å². The molecule has 0 aromatic heterocycles. The Kier molecular flexibility index (Phi) is 15.9. The van der Waals surface area contributed by atoms with E-state index >= 15 is 0 Å². The van der Waals surface area contributed by atoms with Crippen LogP contribution in [0.1, 0.15) is 25.7 Å². The summed E-state index contributed by atoms with van der Waals surface area (Å²) in [4.78, 5) is 0. The van der Waals surface area contributed by atoms with Crippen LogP contribution in [0.5, 0.6) is 0 Å². The molecule has 0 fully saturated rings. The van der Waals surface area contributed by atoms with Crippen molar-refractivity contribution in [1.29, 1.82) is 0 Å². The second kappa shape index (κ2) is 14.2. The van der Waals surface area contributed by atoms with E-state index in [9.17, 15) is 0 Å². The molecule has 0 aromatic carbocycles. The van der Waals surface area contributed by atoms with Crippen LogP contribution < -0.4 is 0 Å². The fourth-order valence-electron chi connectivity index (χ4n) is 1.42. The first-order chi connectivity index (χ1) is 12.8. The second-order valence-electron chi connectivity index (χ2n) is 5.35. The van der Waals surface area contributed by atoms with Gasteiger partial charge in [-0.3, -0.25) is 0 Å². The summed E-state index contributed by atoms with van der Waals surface area (Å²) in [5, 5.41) is 0. The second-order valence-corrected chi connectivity index (χ2v) is 17.6. The summed E-state index contributed by atoms with van der Waals surface area (Å²) < 4.78 is 16.4. The van der Waals surface area contributed by atoms with Crippen molar-refractivity contribution in [1.82, 2.24) is 0 Å². The number of rotatable bonds is 12. The molecular formula is C12H16Cl12O4Si. The summed E-state index contributed by atoms with van der Waals surface area (Å²) in [6.45, 7) is -0.397. The minimum atomic E-state index is -3.90. The van der Waals surface area contributed by atoms with Crippen LogP contribution in [0.3, 0.4) is 0 Å². The molecule has 0 atom stereocenters. The summed E-state index contributed by atoms with van der Waals surface area (Å²) in [7, 11) is -3.90. The van der Waals surface area contributed by atoms with Crippen LogP contribution in [-0.4, -0.2) is 50.6 Å². The van der Waals surface area contributed by atoms with E-state index in [2.05, 4.69) is 0 Å². The lowest BCUT2D eigenvalue weighted by atomic mass is 10.5. The van der Waals surface area contributed by atoms with Gasteiger partial charge in [-0.1, -0.05) is 139 Å². The first kappa shape index (κ1) is 32.5. The first-order valence-electron chi connectivity index (χ1n) is 7.65. The third-order valence-corrected chi connectivity index (χ3v) is 7.16. The van der Waals surface area contributed by atoms with Gasteiger partial charge in [-0.2, -0.15) is 0 Å². The molecule has 0 radical (unpaired) electrons. The minimum Gasteiger partial charge on any atom is -0.351 e. The first-order valence-corrected chi connectivity index (χ1v) is 13.8. The van der Waals surface area contributed by atoms with Gasteiger partial charge in [0.05, 0.1) is 0 Å². The van der Waals surface area contributed by atoms with Gasteiger partial charge >= 0.3 is 9.05 Å². The summed E-state index contributed by atoms with van der Waals surface area (Å²) in [5.74, 6) is 0. The molecule has 0 bridgehead atoms. The van der Waals surface area contributed by atoms with Crippen molar-refractivity contribution in [3.05, 3.63) is 0 Å². The van der Waals surface area contributed by atoms with Crippen LogP contribution in [0.25, 0.3) is 0 Å². The van der Waals surface area contributed by atoms with Crippen LogP contribution in [-0.2, 0) is 17.7 Å². The quantitative estimate of drug-likeness (QED) is 0.153. The summed E-state index contributed by atoms with van der Waals surface area (Å²) in [6, 6.07) is 0. The molecular weight excluding hydrogens is 662 g/mol. The Morgan fingerprint density at radius 1 is 0.379 bits per heavy atom. The summed E-state index contributed by atoms with van der Waals surface area (Å²) in [5.41, 5.74) is 0. The number of hydrogen-bond acceptors (Lipinski definition) is 4. The Bertz CT molecular complexity index is 374. The van der Waals surface area contributed by atoms with Gasteiger partial charge in [0.2, 0.25) is 0 Å². The van der Waals surface area contributed by atoms with E-state index in [4.69, 9.17) is 157 Å². The highest BCUT2D eigenvalue weighted by Crippen LogP contribution is 2.34. The Hall–Kier alpha value is 3.54. The molecule has 4 nitrogen and oxygen atoms in total. The lowest BCUT2D eigenvalue weighted by Crippen LogP contribution is -2.51. The maximum absolute atomic E-state index is 5.74. The standard InChI is InChI=1S/C12H16Cl12O4Si/c13-9(14,15)1-5-25-29(26-6-2-10(16,17)18,27-7-3-11(19,20)21)28-8-4-12(22,23)24/h1-8H2. The van der Waals surface area contributed by atoms with Crippen molar-refractivity contribution in [3.8, 4) is 0 Å². The van der Waals surface area contributed by atoms with Crippen molar-refractivity contribution in [2.75, 3.05) is 26.4 Å². The molecule has 0 amide bonds. The molecule has 0 aliphatic rings. The number of halogens is 12. The monoisotopic (exact) mass is 672 g/mol. The van der Waals surface area contributed by atoms with E-state index in [1.54, 1.807) is 0 Å². The third kappa shape index (κ3) is 21.8. The van der Waals surface area contributed by atoms with Crippen LogP contribution in [0, 0.1) is 0 Å². The zero-order valence-electron chi connectivity index (χ0n) is 14.3. The fraction of sp³-hybridized carbons (Fsp3) is 1.00. The molecule has 0 aliphatic heterocycles. The van der Waals surface area contributed by atoms with Gasteiger partial charge in [0.15, 0.2) is 15.2 Å². The van der Waals surface area contributed by atoms with Gasteiger partial charge in [-0.15, -0.1) is 0 Å². The normalized spacial score (nSPS) is 14.5. The molecule has 0 heterocycles. The van der Waals surface area contributed by atoms with E-state index in [1.165, 1.54) is 0 Å². The Morgan fingerprint density at radius 2 is 0.552 bits per heavy atom. The average Bonchev–Trinajstić information content (AvgIpc) is 2.41. The third-order valence-electron chi connectivity index (χ3n) is 2.66. The van der Waals surface area contributed by atoms with E-state index in [-0.39, 0.29) is 52.1 Å². The summed E-state index contributed by atoms with van der Waals surface area (Å²) >= 11 is 68.9. The predicted molar refractivity (Wildman–Crippen MR) is 129 cm³/mol. The maximum Gasteiger partial charge on any atom is 0.679 e. The van der Waals surface area contributed by atoms with Gasteiger partial charge < -0.3 is 17.7 Å². The van der Waals surface area contributed by atoms with E-state index in [0.717, 1.165) is 0 Å². The van der Waals surface area contributed by atoms with Gasteiger partial charge in [-0.25, -0.2) is 0 Å². The largest absolute Gasteiger partial charge is 0.679 e. The van der Waals surface area contributed by atoms with Gasteiger partial charge in [-0.05, 0) is 0 Å². The SMILES string of the molecule is ClC(Cl)(Cl)CCO[Si](OCCC(Cl)(Cl)Cl)(OCCC(Cl)(Cl)Cl)OCCC(Cl)(Cl)Cl. The molecule has 0 N–H and O–H groups in total. The molecule has 0 aromatic rings. The zero-order chi connectivity index (χ0) is 23.0. The molecule has 0 saturated carbocycles. The highest BCUT2D eigenvalue weighted by atomic mass is 35.6. The minimum absolute atomic E-state index is 0.00185. The maximum atomic E-state index is 5.74. The molecule has 0 saturated heterocycles. The van der Waals surface area contributed by atoms with E-state index < -0.39 is 24.2 Å². The topological polar surface area (TPSA) is 36.9 Å². The van der Waals surface area contributed by atoms with Gasteiger partial charge in [0, 0.05) is 52.1 Å². The number of alkyl halides is 12. The zero-order valence-corrected chi connectivity index (χ0v) is 24.4. The highest BCUT2D eigenvalue weighted by Gasteiger charge is 2.47. The molecule has 0 unspecified atom stereocenters. The molecule has 29 heavy (non-hydrogen) atoms. The van der Waals surface area contributed by atoms with Crippen LogP contribution in [0.2, 0.25) is 0 Å². The molecule has 17 heteroatoms. The Balaban J connectivity index is 5.26.